The molecule has 38 heavy (non-hydrogen) atoms. The zero-order chi connectivity index (χ0) is 26.3. The minimum atomic E-state index is 0.453. The summed E-state index contributed by atoms with van der Waals surface area (Å²) < 4.78 is 5.25. The van der Waals surface area contributed by atoms with Gasteiger partial charge in [-0.15, -0.1) is 0 Å². The number of hydrogen-bond donors (Lipinski definition) is 2. The second-order valence-corrected chi connectivity index (χ2v) is 10.3. The Balaban J connectivity index is 1.29. The monoisotopic (exact) mass is 531 g/mol. The molecule has 0 unspecified atom stereocenters. The highest BCUT2D eigenvalue weighted by molar-refractivity contribution is 7.80. The molecule has 2 fully saturated rings. The summed E-state index contributed by atoms with van der Waals surface area (Å²) in [5, 5.41) is 7.04. The van der Waals surface area contributed by atoms with Crippen LogP contribution >= 0.6 is 12.2 Å². The fourth-order valence-corrected chi connectivity index (χ4v) is 5.29. The fourth-order valence-electron chi connectivity index (χ4n) is 5.13. The molecule has 2 aliphatic heterocycles. The number of anilines is 4. The topological polar surface area (TPSA) is 68.8 Å². The molecular weight excluding hydrogens is 494 g/mol. The number of nitrogens with zero attached hydrogens (tertiary/aromatic N) is 5. The lowest BCUT2D eigenvalue weighted by atomic mass is 10.0. The largest absolute Gasteiger partial charge is 0.497 e. The van der Waals surface area contributed by atoms with Gasteiger partial charge in [-0.25, -0.2) is 0 Å². The number of benzene rings is 2. The van der Waals surface area contributed by atoms with E-state index in [1.807, 2.05) is 24.3 Å². The van der Waals surface area contributed by atoms with Gasteiger partial charge in [0.15, 0.2) is 5.11 Å². The van der Waals surface area contributed by atoms with Crippen molar-refractivity contribution in [3.8, 4) is 5.75 Å². The number of piperidine rings is 1. The maximum Gasteiger partial charge on any atom is 0.232 e. The Labute approximate surface area is 231 Å². The molecule has 5 rings (SSSR count). The van der Waals surface area contributed by atoms with Gasteiger partial charge < -0.3 is 30.1 Å². The molecule has 0 aliphatic carbocycles. The van der Waals surface area contributed by atoms with Gasteiger partial charge in [0.05, 0.1) is 7.11 Å². The molecule has 3 aromatic rings. The first-order valence-corrected chi connectivity index (χ1v) is 13.9. The summed E-state index contributed by atoms with van der Waals surface area (Å²) in [6.07, 6.45) is 3.63. The fraction of sp³-hybridized carbons (Fsp3) is 0.414. The molecule has 0 radical (unpaired) electrons. The SMILES string of the molecule is COc1ccc(CNC(=S)Nc2nc(N3CCN(c4ccccc4)CC3)cc(N3CCCC[C@H]3C)n2)cc1. The highest BCUT2D eigenvalue weighted by Gasteiger charge is 2.24. The molecule has 3 heterocycles. The zero-order valence-electron chi connectivity index (χ0n) is 22.3. The molecule has 2 N–H and O–H groups in total. The lowest BCUT2D eigenvalue weighted by Gasteiger charge is -2.38. The Hall–Kier alpha value is -3.59. The number of thiocarbonyl (C=S) groups is 1. The first-order valence-electron chi connectivity index (χ1n) is 13.5. The van der Waals surface area contributed by atoms with Crippen molar-refractivity contribution < 1.29 is 4.74 Å². The zero-order valence-corrected chi connectivity index (χ0v) is 23.1. The van der Waals surface area contributed by atoms with Crippen LogP contribution in [0.15, 0.2) is 60.7 Å². The molecule has 2 saturated heterocycles. The Morgan fingerprint density at radius 1 is 0.921 bits per heavy atom. The van der Waals surface area contributed by atoms with E-state index >= 15 is 0 Å². The van der Waals surface area contributed by atoms with Crippen LogP contribution < -0.4 is 30.1 Å². The number of rotatable bonds is 7. The Morgan fingerprint density at radius 3 is 2.34 bits per heavy atom. The second kappa shape index (κ2) is 12.3. The van der Waals surface area contributed by atoms with Crippen LogP contribution in [0.25, 0.3) is 0 Å². The van der Waals surface area contributed by atoms with Crippen molar-refractivity contribution in [2.45, 2.75) is 38.8 Å². The number of ether oxygens (including phenoxy) is 1. The molecule has 1 atom stereocenters. The van der Waals surface area contributed by atoms with Crippen molar-refractivity contribution in [2.24, 2.45) is 0 Å². The number of para-hydroxylation sites is 1. The predicted molar refractivity (Wildman–Crippen MR) is 160 cm³/mol. The van der Waals surface area contributed by atoms with Crippen LogP contribution in [0.5, 0.6) is 5.75 Å². The Kier molecular flexibility index (Phi) is 8.43. The van der Waals surface area contributed by atoms with E-state index in [0.29, 0.717) is 23.6 Å². The quantitative estimate of drug-likeness (QED) is 0.423. The molecule has 0 spiro atoms. The number of aromatic nitrogens is 2. The lowest BCUT2D eigenvalue weighted by Crippen LogP contribution is -2.47. The van der Waals surface area contributed by atoms with E-state index in [4.69, 9.17) is 26.9 Å². The molecule has 0 amide bonds. The van der Waals surface area contributed by atoms with Gasteiger partial charge in [-0.1, -0.05) is 30.3 Å². The van der Waals surface area contributed by atoms with E-state index in [-0.39, 0.29) is 0 Å². The van der Waals surface area contributed by atoms with Crippen LogP contribution in [-0.2, 0) is 6.54 Å². The van der Waals surface area contributed by atoms with Crippen molar-refractivity contribution in [3.63, 3.8) is 0 Å². The van der Waals surface area contributed by atoms with Gasteiger partial charge in [-0.05, 0) is 68.2 Å². The molecule has 0 saturated carbocycles. The lowest BCUT2D eigenvalue weighted by molar-refractivity contribution is 0.414. The summed E-state index contributed by atoms with van der Waals surface area (Å²) in [6.45, 7) is 7.61. The first-order chi connectivity index (χ1) is 18.6. The highest BCUT2D eigenvalue weighted by Crippen LogP contribution is 2.28. The third-order valence-corrected chi connectivity index (χ3v) is 7.61. The van der Waals surface area contributed by atoms with Crippen LogP contribution in [0.3, 0.4) is 0 Å². The highest BCUT2D eigenvalue weighted by atomic mass is 32.1. The third kappa shape index (κ3) is 6.45. The van der Waals surface area contributed by atoms with Gasteiger partial charge in [-0.3, -0.25) is 0 Å². The summed E-state index contributed by atoms with van der Waals surface area (Å²) >= 11 is 5.62. The van der Waals surface area contributed by atoms with Crippen molar-refractivity contribution in [1.29, 1.82) is 0 Å². The molecule has 200 valence electrons. The maximum absolute atomic E-state index is 5.62. The minimum absolute atomic E-state index is 0.453. The maximum atomic E-state index is 5.62. The summed E-state index contributed by atoms with van der Waals surface area (Å²) in [5.74, 6) is 3.28. The smallest absolute Gasteiger partial charge is 0.232 e. The summed E-state index contributed by atoms with van der Waals surface area (Å²) in [5.41, 5.74) is 2.39. The average Bonchev–Trinajstić information content (AvgIpc) is 2.97. The van der Waals surface area contributed by atoms with Crippen LogP contribution in [0.1, 0.15) is 31.7 Å². The van der Waals surface area contributed by atoms with E-state index in [0.717, 1.165) is 55.7 Å². The summed E-state index contributed by atoms with van der Waals surface area (Å²) in [4.78, 5) is 17.0. The van der Waals surface area contributed by atoms with E-state index in [2.05, 4.69) is 68.7 Å². The Morgan fingerprint density at radius 2 is 1.63 bits per heavy atom. The molecule has 0 bridgehead atoms. The van der Waals surface area contributed by atoms with Gasteiger partial charge in [0.25, 0.3) is 0 Å². The molecule has 2 aromatic carbocycles. The van der Waals surface area contributed by atoms with E-state index < -0.39 is 0 Å². The van der Waals surface area contributed by atoms with E-state index in [1.54, 1.807) is 7.11 Å². The predicted octanol–water partition coefficient (Wildman–Crippen LogP) is 4.68. The second-order valence-electron chi connectivity index (χ2n) is 9.91. The van der Waals surface area contributed by atoms with Crippen molar-refractivity contribution in [1.82, 2.24) is 15.3 Å². The number of nitrogens with one attached hydrogen (secondary N) is 2. The van der Waals surface area contributed by atoms with E-state index in [1.165, 1.54) is 24.9 Å². The van der Waals surface area contributed by atoms with E-state index in [9.17, 15) is 0 Å². The van der Waals surface area contributed by atoms with Gasteiger partial charge in [0, 0.05) is 57.1 Å². The molecule has 9 heteroatoms. The molecular formula is C29H37N7OS. The van der Waals surface area contributed by atoms with Crippen LogP contribution in [0.2, 0.25) is 0 Å². The van der Waals surface area contributed by atoms with Gasteiger partial charge in [0.1, 0.15) is 17.4 Å². The van der Waals surface area contributed by atoms with Gasteiger partial charge in [-0.2, -0.15) is 9.97 Å². The van der Waals surface area contributed by atoms with Crippen LogP contribution in [0, 0.1) is 0 Å². The summed E-state index contributed by atoms with van der Waals surface area (Å²) in [6, 6.07) is 21.2. The van der Waals surface area contributed by atoms with Crippen molar-refractivity contribution in [2.75, 3.05) is 59.9 Å². The molecule has 1 aromatic heterocycles. The Bertz CT molecular complexity index is 1200. The molecule has 8 nitrogen and oxygen atoms in total. The van der Waals surface area contributed by atoms with Gasteiger partial charge in [0.2, 0.25) is 5.95 Å². The number of piperazine rings is 1. The van der Waals surface area contributed by atoms with Crippen LogP contribution in [-0.4, -0.2) is 61.0 Å². The average molecular weight is 532 g/mol. The normalized spacial score (nSPS) is 17.7. The van der Waals surface area contributed by atoms with Crippen LogP contribution in [0.4, 0.5) is 23.3 Å². The molecule has 2 aliphatic rings. The van der Waals surface area contributed by atoms with Crippen molar-refractivity contribution in [3.05, 3.63) is 66.2 Å². The standard InChI is InChI=1S/C29H37N7OS/c1-22-8-6-7-15-36(22)27-20-26(35-18-16-34(17-19-35)24-9-4-3-5-10-24)31-28(32-27)33-29(38)30-21-23-11-13-25(37-2)14-12-23/h3-5,9-14,20,22H,6-8,15-19,21H2,1-2H3,(H2,30,31,32,33,38)/t22-/m1/s1. The summed E-state index contributed by atoms with van der Waals surface area (Å²) in [7, 11) is 1.67. The number of hydrogen-bond acceptors (Lipinski definition) is 7. The number of methoxy groups -OCH3 is 1. The minimum Gasteiger partial charge on any atom is -0.497 e. The first kappa shape index (κ1) is 26.0. The van der Waals surface area contributed by atoms with Crippen molar-refractivity contribution >= 4 is 40.6 Å². The van der Waals surface area contributed by atoms with Gasteiger partial charge >= 0.3 is 0 Å². The third-order valence-electron chi connectivity index (χ3n) is 7.36.